The van der Waals surface area contributed by atoms with Crippen molar-refractivity contribution >= 4 is 6.29 Å². The molecule has 1 heteroatoms. The minimum Gasteiger partial charge on any atom is -0.299 e. The Morgan fingerprint density at radius 2 is 1.86 bits per heavy atom. The topological polar surface area (TPSA) is 17.1 Å². The molecular formula is C6H8O. The molecule has 0 saturated heterocycles. The summed E-state index contributed by atoms with van der Waals surface area (Å²) < 4.78 is 0. The van der Waals surface area contributed by atoms with Crippen LogP contribution in [0.1, 0.15) is 6.92 Å². The Hall–Kier alpha value is -0.850. The summed E-state index contributed by atoms with van der Waals surface area (Å²) in [5.41, 5.74) is 0. The third-order valence-corrected chi connectivity index (χ3v) is 0.493. The molecule has 38 valence electrons. The van der Waals surface area contributed by atoms with E-state index >= 15 is 0 Å². The molecule has 0 aromatic rings. The van der Waals surface area contributed by atoms with Crippen molar-refractivity contribution in [3.05, 3.63) is 24.3 Å². The molecular weight excluding hydrogens is 88.1 g/mol. The second kappa shape index (κ2) is 5.15. The summed E-state index contributed by atoms with van der Waals surface area (Å²) >= 11 is 0. The molecule has 0 aliphatic heterocycles. The number of carbonyl (C=O) groups excluding carboxylic acids is 1. The predicted molar refractivity (Wildman–Crippen MR) is 30.0 cm³/mol. The van der Waals surface area contributed by atoms with Gasteiger partial charge < -0.3 is 0 Å². The molecule has 0 bridgehead atoms. The first kappa shape index (κ1) is 6.15. The summed E-state index contributed by atoms with van der Waals surface area (Å²) in [6.45, 7) is 1.90. The molecule has 0 atom stereocenters. The van der Waals surface area contributed by atoms with E-state index in [0.29, 0.717) is 0 Å². The van der Waals surface area contributed by atoms with E-state index in [1.807, 2.05) is 13.0 Å². The van der Waals surface area contributed by atoms with Crippen molar-refractivity contribution in [2.75, 3.05) is 0 Å². The Morgan fingerprint density at radius 1 is 1.14 bits per heavy atom. The van der Waals surface area contributed by atoms with E-state index in [0.717, 1.165) is 6.29 Å². The van der Waals surface area contributed by atoms with Crippen LogP contribution >= 0.6 is 0 Å². The Morgan fingerprint density at radius 3 is 2.29 bits per heavy atom. The molecule has 0 radical (unpaired) electrons. The highest BCUT2D eigenvalue weighted by molar-refractivity contribution is 5.65. The van der Waals surface area contributed by atoms with Crippen molar-refractivity contribution in [2.45, 2.75) is 6.92 Å². The summed E-state index contributed by atoms with van der Waals surface area (Å²) in [7, 11) is 0. The van der Waals surface area contributed by atoms with Crippen LogP contribution in [-0.4, -0.2) is 6.29 Å². The Labute approximate surface area is 43.3 Å². The molecule has 0 N–H and O–H groups in total. The zero-order valence-corrected chi connectivity index (χ0v) is 4.29. The zero-order valence-electron chi connectivity index (χ0n) is 4.29. The SMILES string of the molecule is CC=CC=CC=O. The quantitative estimate of drug-likeness (QED) is 0.288. The van der Waals surface area contributed by atoms with Gasteiger partial charge in [0, 0.05) is 0 Å². The van der Waals surface area contributed by atoms with E-state index in [4.69, 9.17) is 0 Å². The lowest BCUT2D eigenvalue weighted by molar-refractivity contribution is -0.104. The molecule has 0 rings (SSSR count). The first-order valence-corrected chi connectivity index (χ1v) is 2.15. The summed E-state index contributed by atoms with van der Waals surface area (Å²) in [5, 5.41) is 0. The molecule has 7 heavy (non-hydrogen) atoms. The normalized spacial score (nSPS) is 11.0. The van der Waals surface area contributed by atoms with Gasteiger partial charge >= 0.3 is 0 Å². The van der Waals surface area contributed by atoms with Crippen LogP contribution < -0.4 is 0 Å². The van der Waals surface area contributed by atoms with Gasteiger partial charge in [-0.3, -0.25) is 4.79 Å². The third-order valence-electron chi connectivity index (χ3n) is 0.493. The molecule has 0 aliphatic carbocycles. The van der Waals surface area contributed by atoms with Crippen molar-refractivity contribution in [1.29, 1.82) is 0 Å². The maximum Gasteiger partial charge on any atom is 0.142 e. The van der Waals surface area contributed by atoms with E-state index in [-0.39, 0.29) is 0 Å². The van der Waals surface area contributed by atoms with E-state index in [1.165, 1.54) is 6.08 Å². The molecule has 0 aromatic heterocycles. The second-order valence-corrected chi connectivity index (χ2v) is 1.05. The van der Waals surface area contributed by atoms with Gasteiger partial charge in [-0.2, -0.15) is 0 Å². The van der Waals surface area contributed by atoms with Crippen molar-refractivity contribution in [3.8, 4) is 0 Å². The molecule has 0 fully saturated rings. The van der Waals surface area contributed by atoms with Crippen LogP contribution in [0, 0.1) is 0 Å². The van der Waals surface area contributed by atoms with Crippen LogP contribution in [0.15, 0.2) is 24.3 Å². The number of aldehydes is 1. The smallest absolute Gasteiger partial charge is 0.142 e. The van der Waals surface area contributed by atoms with Gasteiger partial charge in [0.2, 0.25) is 0 Å². The monoisotopic (exact) mass is 96.1 g/mol. The molecule has 0 aliphatic rings. The van der Waals surface area contributed by atoms with Gasteiger partial charge in [-0.1, -0.05) is 18.2 Å². The maximum atomic E-state index is 9.56. The lowest BCUT2D eigenvalue weighted by Crippen LogP contribution is -1.53. The fraction of sp³-hybridized carbons (Fsp3) is 0.167. The zero-order chi connectivity index (χ0) is 5.54. The fourth-order valence-corrected chi connectivity index (χ4v) is 0.221. The van der Waals surface area contributed by atoms with Gasteiger partial charge in [0.05, 0.1) is 0 Å². The van der Waals surface area contributed by atoms with Crippen molar-refractivity contribution in [3.63, 3.8) is 0 Å². The van der Waals surface area contributed by atoms with Crippen molar-refractivity contribution < 1.29 is 4.79 Å². The number of hydrogen-bond acceptors (Lipinski definition) is 1. The summed E-state index contributed by atoms with van der Waals surface area (Å²) in [5.74, 6) is 0. The summed E-state index contributed by atoms with van der Waals surface area (Å²) in [6.07, 6.45) is 7.54. The number of allylic oxidation sites excluding steroid dienone is 4. The van der Waals surface area contributed by atoms with Crippen LogP contribution in [0.3, 0.4) is 0 Å². The standard InChI is InChI=1S/C6H8O/c1-2-3-4-5-6-7/h2-6H,1H3. The Balaban J connectivity index is 3.27. The molecule has 0 aromatic carbocycles. The first-order valence-electron chi connectivity index (χ1n) is 2.15. The first-order chi connectivity index (χ1) is 3.41. The molecule has 0 unspecified atom stereocenters. The van der Waals surface area contributed by atoms with Crippen molar-refractivity contribution in [1.82, 2.24) is 0 Å². The van der Waals surface area contributed by atoms with Crippen LogP contribution in [0.25, 0.3) is 0 Å². The van der Waals surface area contributed by atoms with Crippen LogP contribution in [0.5, 0.6) is 0 Å². The summed E-state index contributed by atoms with van der Waals surface area (Å²) in [6, 6.07) is 0. The van der Waals surface area contributed by atoms with E-state index in [2.05, 4.69) is 0 Å². The fourth-order valence-electron chi connectivity index (χ4n) is 0.221. The van der Waals surface area contributed by atoms with Gasteiger partial charge in [0.25, 0.3) is 0 Å². The van der Waals surface area contributed by atoms with Gasteiger partial charge in [-0.15, -0.1) is 0 Å². The van der Waals surface area contributed by atoms with Gasteiger partial charge in [-0.05, 0) is 13.0 Å². The average Bonchev–Trinajstić information content (AvgIpc) is 1.69. The minimum atomic E-state index is 0.750. The van der Waals surface area contributed by atoms with E-state index in [9.17, 15) is 4.79 Å². The van der Waals surface area contributed by atoms with Gasteiger partial charge in [0.15, 0.2) is 0 Å². The lowest BCUT2D eigenvalue weighted by atomic mass is 10.5. The Bertz CT molecular complexity index is 90.4. The molecule has 0 spiro atoms. The lowest BCUT2D eigenvalue weighted by Gasteiger charge is -1.62. The second-order valence-electron chi connectivity index (χ2n) is 1.05. The predicted octanol–water partition coefficient (Wildman–Crippen LogP) is 1.32. The van der Waals surface area contributed by atoms with Crippen LogP contribution in [-0.2, 0) is 4.79 Å². The maximum absolute atomic E-state index is 9.56. The number of hydrogen-bond donors (Lipinski definition) is 0. The third kappa shape index (κ3) is 5.15. The van der Waals surface area contributed by atoms with Crippen molar-refractivity contribution in [2.24, 2.45) is 0 Å². The molecule has 0 saturated carbocycles. The largest absolute Gasteiger partial charge is 0.299 e. The highest BCUT2D eigenvalue weighted by atomic mass is 16.1. The van der Waals surface area contributed by atoms with Crippen LogP contribution in [0.2, 0.25) is 0 Å². The molecule has 0 heterocycles. The summed E-state index contributed by atoms with van der Waals surface area (Å²) in [4.78, 5) is 9.56. The highest BCUT2D eigenvalue weighted by Gasteiger charge is 1.55. The van der Waals surface area contributed by atoms with E-state index < -0.39 is 0 Å². The molecule has 0 amide bonds. The van der Waals surface area contributed by atoms with E-state index in [1.54, 1.807) is 12.2 Å². The minimum absolute atomic E-state index is 0.750. The molecule has 1 nitrogen and oxygen atoms in total. The number of carbonyl (C=O) groups is 1. The van der Waals surface area contributed by atoms with Crippen LogP contribution in [0.4, 0.5) is 0 Å². The van der Waals surface area contributed by atoms with Gasteiger partial charge in [-0.25, -0.2) is 0 Å². The Kier molecular flexibility index (Phi) is 4.52. The van der Waals surface area contributed by atoms with Gasteiger partial charge in [0.1, 0.15) is 6.29 Å². The average molecular weight is 96.1 g/mol. The highest BCUT2D eigenvalue weighted by Crippen LogP contribution is 1.70. The number of rotatable bonds is 2.